The summed E-state index contributed by atoms with van der Waals surface area (Å²) in [6, 6.07) is 9.09. The van der Waals surface area contributed by atoms with Crippen LogP contribution in [0.3, 0.4) is 0 Å². The molecule has 20 heavy (non-hydrogen) atoms. The van der Waals surface area contributed by atoms with E-state index in [-0.39, 0.29) is 5.91 Å². The number of hydrogen-bond donors (Lipinski definition) is 2. The fraction of sp³-hybridized carbons (Fsp3) is 0.200. The van der Waals surface area contributed by atoms with Crippen LogP contribution >= 0.6 is 15.9 Å². The molecule has 0 bridgehead atoms. The number of nitrogens with one attached hydrogen (secondary N) is 1. The maximum atomic E-state index is 12.3. The van der Waals surface area contributed by atoms with Crippen LogP contribution < -0.4 is 11.1 Å². The van der Waals surface area contributed by atoms with E-state index >= 15 is 0 Å². The summed E-state index contributed by atoms with van der Waals surface area (Å²) in [5, 5.41) is 2.92. The van der Waals surface area contributed by atoms with E-state index in [1.807, 2.05) is 32.0 Å². The lowest BCUT2D eigenvalue weighted by Crippen LogP contribution is -2.14. The van der Waals surface area contributed by atoms with Crippen molar-refractivity contribution in [3.63, 3.8) is 0 Å². The van der Waals surface area contributed by atoms with Crippen molar-refractivity contribution in [2.45, 2.75) is 20.3 Å². The maximum Gasteiger partial charge on any atom is 0.255 e. The van der Waals surface area contributed by atoms with E-state index in [0.717, 1.165) is 27.8 Å². The Kier molecular flexibility index (Phi) is 4.39. The molecule has 0 fully saturated rings. The lowest BCUT2D eigenvalue weighted by molar-refractivity contribution is 0.102. The van der Waals surface area contributed by atoms with Crippen LogP contribution in [0.5, 0.6) is 0 Å². The summed E-state index contributed by atoms with van der Waals surface area (Å²) in [4.78, 5) is 16.3. The summed E-state index contributed by atoms with van der Waals surface area (Å²) in [6.45, 7) is 3.86. The van der Waals surface area contributed by atoms with Crippen LogP contribution in [0.25, 0.3) is 0 Å². The van der Waals surface area contributed by atoms with Gasteiger partial charge in [-0.1, -0.05) is 22.9 Å². The van der Waals surface area contributed by atoms with Crippen LogP contribution in [0, 0.1) is 6.92 Å². The highest BCUT2D eigenvalue weighted by Gasteiger charge is 2.10. The molecule has 1 heterocycles. The fourth-order valence-corrected chi connectivity index (χ4v) is 2.41. The van der Waals surface area contributed by atoms with Gasteiger partial charge in [0.15, 0.2) is 0 Å². The summed E-state index contributed by atoms with van der Waals surface area (Å²) >= 11 is 3.43. The molecule has 0 aliphatic carbocycles. The summed E-state index contributed by atoms with van der Waals surface area (Å²) in [7, 11) is 0. The van der Waals surface area contributed by atoms with Gasteiger partial charge in [-0.05, 0) is 49.2 Å². The molecule has 5 heteroatoms. The number of benzene rings is 1. The van der Waals surface area contributed by atoms with E-state index in [9.17, 15) is 4.79 Å². The van der Waals surface area contributed by atoms with Crippen LogP contribution in [-0.2, 0) is 6.42 Å². The first-order valence-electron chi connectivity index (χ1n) is 6.33. The Hall–Kier alpha value is -1.88. The number of amides is 1. The molecule has 1 amide bonds. The minimum atomic E-state index is -0.181. The first-order chi connectivity index (χ1) is 9.49. The van der Waals surface area contributed by atoms with E-state index in [1.165, 1.54) is 0 Å². The fourth-order valence-electron chi connectivity index (χ4n) is 2.00. The van der Waals surface area contributed by atoms with E-state index in [4.69, 9.17) is 5.73 Å². The zero-order valence-electron chi connectivity index (χ0n) is 11.4. The topological polar surface area (TPSA) is 68.0 Å². The Bertz CT molecular complexity index is 635. The molecular weight excluding hydrogens is 318 g/mol. The first-order valence-corrected chi connectivity index (χ1v) is 7.13. The van der Waals surface area contributed by atoms with E-state index in [2.05, 4.69) is 26.2 Å². The van der Waals surface area contributed by atoms with Crippen molar-refractivity contribution < 1.29 is 4.79 Å². The van der Waals surface area contributed by atoms with Crippen LogP contribution in [0.4, 0.5) is 11.5 Å². The molecule has 4 nitrogen and oxygen atoms in total. The monoisotopic (exact) mass is 333 g/mol. The number of hydrogen-bond acceptors (Lipinski definition) is 3. The number of nitrogen functional groups attached to an aromatic ring is 1. The molecule has 1 aromatic carbocycles. The maximum absolute atomic E-state index is 12.3. The third-order valence-electron chi connectivity index (χ3n) is 2.93. The molecule has 0 unspecified atom stereocenters. The molecule has 0 saturated carbocycles. The van der Waals surface area contributed by atoms with Gasteiger partial charge in [0.2, 0.25) is 0 Å². The smallest absolute Gasteiger partial charge is 0.255 e. The van der Waals surface area contributed by atoms with Crippen LogP contribution in [-0.4, -0.2) is 10.9 Å². The molecule has 0 aliphatic heterocycles. The third kappa shape index (κ3) is 3.36. The van der Waals surface area contributed by atoms with Gasteiger partial charge in [-0.25, -0.2) is 4.98 Å². The molecule has 0 spiro atoms. The highest BCUT2D eigenvalue weighted by molar-refractivity contribution is 9.10. The van der Waals surface area contributed by atoms with E-state index in [1.54, 1.807) is 12.1 Å². The largest absolute Gasteiger partial charge is 0.384 e. The number of pyridine rings is 1. The van der Waals surface area contributed by atoms with Gasteiger partial charge in [0, 0.05) is 21.4 Å². The van der Waals surface area contributed by atoms with Gasteiger partial charge < -0.3 is 11.1 Å². The number of aryl methyl sites for hydroxylation is 2. The van der Waals surface area contributed by atoms with Gasteiger partial charge in [0.1, 0.15) is 5.82 Å². The molecule has 0 radical (unpaired) electrons. The SMILES string of the molecule is CCc1cc(Br)ccc1NC(=O)c1cc(C)nc(N)c1. The second-order valence-corrected chi connectivity index (χ2v) is 5.45. The van der Waals surface area contributed by atoms with Crippen molar-refractivity contribution in [1.29, 1.82) is 0 Å². The van der Waals surface area contributed by atoms with Crippen molar-refractivity contribution >= 4 is 33.3 Å². The van der Waals surface area contributed by atoms with Crippen LogP contribution in [0.15, 0.2) is 34.8 Å². The van der Waals surface area contributed by atoms with Gasteiger partial charge in [-0.2, -0.15) is 0 Å². The molecule has 2 rings (SSSR count). The summed E-state index contributed by atoms with van der Waals surface area (Å²) < 4.78 is 0.997. The average molecular weight is 334 g/mol. The molecule has 1 aromatic heterocycles. The number of nitrogens with two attached hydrogens (primary N) is 1. The van der Waals surface area contributed by atoms with E-state index < -0.39 is 0 Å². The minimum absolute atomic E-state index is 0.181. The Morgan fingerprint density at radius 2 is 2.10 bits per heavy atom. The summed E-state index contributed by atoms with van der Waals surface area (Å²) in [6.07, 6.45) is 0.840. The van der Waals surface area contributed by atoms with E-state index in [0.29, 0.717) is 11.4 Å². The van der Waals surface area contributed by atoms with Gasteiger partial charge in [0.25, 0.3) is 5.91 Å². The summed E-state index contributed by atoms with van der Waals surface area (Å²) in [5.41, 5.74) is 8.80. The summed E-state index contributed by atoms with van der Waals surface area (Å²) in [5.74, 6) is 0.167. The van der Waals surface area contributed by atoms with Crippen LogP contribution in [0.1, 0.15) is 28.5 Å². The minimum Gasteiger partial charge on any atom is -0.384 e. The Balaban J connectivity index is 2.27. The number of aromatic nitrogens is 1. The first kappa shape index (κ1) is 14.5. The number of rotatable bonds is 3. The molecule has 2 aromatic rings. The molecule has 0 saturated heterocycles. The number of nitrogens with zero attached hydrogens (tertiary/aromatic N) is 1. The van der Waals surface area contributed by atoms with Crippen molar-refractivity contribution in [3.05, 3.63) is 51.6 Å². The molecule has 0 aliphatic rings. The number of halogens is 1. The lowest BCUT2D eigenvalue weighted by Gasteiger charge is -2.11. The number of anilines is 2. The van der Waals surface area contributed by atoms with Gasteiger partial charge in [-0.3, -0.25) is 4.79 Å². The highest BCUT2D eigenvalue weighted by atomic mass is 79.9. The average Bonchev–Trinajstić information content (AvgIpc) is 2.39. The molecule has 3 N–H and O–H groups in total. The normalized spacial score (nSPS) is 10.3. The third-order valence-corrected chi connectivity index (χ3v) is 3.43. The van der Waals surface area contributed by atoms with Crippen LogP contribution in [0.2, 0.25) is 0 Å². The second kappa shape index (κ2) is 6.05. The zero-order chi connectivity index (χ0) is 14.7. The Morgan fingerprint density at radius 3 is 2.75 bits per heavy atom. The highest BCUT2D eigenvalue weighted by Crippen LogP contribution is 2.22. The zero-order valence-corrected chi connectivity index (χ0v) is 13.0. The quantitative estimate of drug-likeness (QED) is 0.902. The van der Waals surface area contributed by atoms with Crippen molar-refractivity contribution in [2.24, 2.45) is 0 Å². The van der Waals surface area contributed by atoms with Crippen molar-refractivity contribution in [1.82, 2.24) is 4.98 Å². The number of carbonyl (C=O) groups excluding carboxylic acids is 1. The standard InChI is InChI=1S/C15H16BrN3O/c1-3-10-7-12(16)4-5-13(10)19-15(20)11-6-9(2)18-14(17)8-11/h4-8H,3H2,1-2H3,(H2,17,18)(H,19,20). The lowest BCUT2D eigenvalue weighted by atomic mass is 10.1. The molecular formula is C15H16BrN3O. The van der Waals surface area contributed by atoms with Gasteiger partial charge in [-0.15, -0.1) is 0 Å². The predicted octanol–water partition coefficient (Wildman–Crippen LogP) is 3.55. The van der Waals surface area contributed by atoms with Gasteiger partial charge >= 0.3 is 0 Å². The second-order valence-electron chi connectivity index (χ2n) is 4.53. The van der Waals surface area contributed by atoms with Crippen molar-refractivity contribution in [3.8, 4) is 0 Å². The Labute approximate surface area is 126 Å². The molecule has 0 atom stereocenters. The Morgan fingerprint density at radius 1 is 1.35 bits per heavy atom. The predicted molar refractivity (Wildman–Crippen MR) is 84.9 cm³/mol. The van der Waals surface area contributed by atoms with Gasteiger partial charge in [0.05, 0.1) is 0 Å². The number of carbonyl (C=O) groups is 1. The van der Waals surface area contributed by atoms with Crippen molar-refractivity contribution in [2.75, 3.05) is 11.1 Å². The molecule has 104 valence electrons.